The number of carbonyl (C=O) groups is 1. The molecule has 1 aliphatic rings. The van der Waals surface area contributed by atoms with E-state index in [1.54, 1.807) is 24.5 Å². The monoisotopic (exact) mass is 501 g/mol. The topological polar surface area (TPSA) is 142 Å². The third-order valence-electron chi connectivity index (χ3n) is 6.74. The van der Waals surface area contributed by atoms with Crippen LogP contribution in [0.5, 0.6) is 0 Å². The molecule has 1 aliphatic heterocycles. The third-order valence-corrected chi connectivity index (χ3v) is 6.74. The average molecular weight is 502 g/mol. The second-order valence-corrected chi connectivity index (χ2v) is 9.53. The summed E-state index contributed by atoms with van der Waals surface area (Å²) >= 11 is 0. The molecule has 10 nitrogen and oxygen atoms in total. The van der Waals surface area contributed by atoms with E-state index >= 15 is 0 Å². The fourth-order valence-electron chi connectivity index (χ4n) is 4.94. The predicted octanol–water partition coefficient (Wildman–Crippen LogP) is 2.47. The number of rotatable bonds is 7. The summed E-state index contributed by atoms with van der Waals surface area (Å²) in [5, 5.41) is 22.0. The number of aliphatic hydroxyl groups is 2. The summed E-state index contributed by atoms with van der Waals surface area (Å²) in [6, 6.07) is 10.9. The second-order valence-electron chi connectivity index (χ2n) is 9.53. The first kappa shape index (κ1) is 24.8. The largest absolute Gasteiger partial charge is 0.394 e. The average Bonchev–Trinajstić information content (AvgIpc) is 3.30. The smallest absolute Gasteiger partial charge is 0.256 e. The quantitative estimate of drug-likeness (QED) is 0.303. The molecule has 1 saturated heterocycles. The molecule has 1 unspecified atom stereocenters. The molecule has 37 heavy (non-hydrogen) atoms. The number of pyridine rings is 1. The predicted molar refractivity (Wildman–Crippen MR) is 141 cm³/mol. The molecule has 0 radical (unpaired) electrons. The minimum absolute atomic E-state index is 0.134. The Morgan fingerprint density at radius 1 is 1.22 bits per heavy atom. The van der Waals surface area contributed by atoms with E-state index in [9.17, 15) is 15.0 Å². The number of piperidine rings is 1. The maximum Gasteiger partial charge on any atom is 0.256 e. The van der Waals surface area contributed by atoms with E-state index in [4.69, 9.17) is 10.7 Å². The van der Waals surface area contributed by atoms with Gasteiger partial charge in [-0.15, -0.1) is 0 Å². The first-order chi connectivity index (χ1) is 17.9. The molecule has 1 fully saturated rings. The number of anilines is 2. The van der Waals surface area contributed by atoms with Crippen LogP contribution in [0.1, 0.15) is 40.5 Å². The number of benzene rings is 1. The van der Waals surface area contributed by atoms with Gasteiger partial charge in [-0.3, -0.25) is 14.1 Å². The van der Waals surface area contributed by atoms with Crippen LogP contribution in [0.15, 0.2) is 55.0 Å². The van der Waals surface area contributed by atoms with E-state index in [2.05, 4.69) is 20.2 Å². The zero-order chi connectivity index (χ0) is 25.9. The van der Waals surface area contributed by atoms with E-state index in [1.165, 1.54) is 0 Å². The molecule has 2 atom stereocenters. The lowest BCUT2D eigenvalue weighted by molar-refractivity contribution is 0.0498. The Kier molecular flexibility index (Phi) is 7.13. The molecule has 1 amide bonds. The van der Waals surface area contributed by atoms with Crippen molar-refractivity contribution in [2.45, 2.75) is 31.8 Å². The Hall–Kier alpha value is -3.86. The highest BCUT2D eigenvalue weighted by Crippen LogP contribution is 2.34. The Morgan fingerprint density at radius 3 is 2.78 bits per heavy atom. The molecule has 0 aliphatic carbocycles. The second kappa shape index (κ2) is 10.6. The summed E-state index contributed by atoms with van der Waals surface area (Å²) in [5.74, 6) is 1.66. The summed E-state index contributed by atoms with van der Waals surface area (Å²) in [4.78, 5) is 28.4. The first-order valence-corrected chi connectivity index (χ1v) is 12.4. The Bertz CT molecular complexity index is 1400. The van der Waals surface area contributed by atoms with Gasteiger partial charge in [-0.05, 0) is 56.1 Å². The maximum atomic E-state index is 12.7. The van der Waals surface area contributed by atoms with Crippen molar-refractivity contribution in [3.05, 3.63) is 71.9 Å². The van der Waals surface area contributed by atoms with Gasteiger partial charge in [-0.2, -0.15) is 0 Å². The number of nitrogens with two attached hydrogens (primary N) is 1. The highest BCUT2D eigenvalue weighted by Gasteiger charge is 2.28. The SMILES string of the molecule is Cc1ccnc(NC(=O)c2ccc(-c3nc([C@@H]4CCCN(CC(O)CO)C4)n4ccnc(N)c34)cc2)c1. The molecule has 3 aromatic heterocycles. The number of amides is 1. The van der Waals surface area contributed by atoms with Crippen LogP contribution in [0.4, 0.5) is 11.6 Å². The van der Waals surface area contributed by atoms with Crippen LogP contribution in [0, 0.1) is 6.92 Å². The third kappa shape index (κ3) is 5.31. The van der Waals surface area contributed by atoms with Crippen molar-refractivity contribution in [1.29, 1.82) is 0 Å². The van der Waals surface area contributed by atoms with Gasteiger partial charge < -0.3 is 21.3 Å². The number of β-amino-alcohol motifs (C(OH)–C–C–N with tert-alkyl or cyclic N) is 1. The minimum atomic E-state index is -0.761. The van der Waals surface area contributed by atoms with Crippen LogP contribution in [-0.4, -0.2) is 72.7 Å². The number of nitrogens with one attached hydrogen (secondary N) is 1. The van der Waals surface area contributed by atoms with Crippen molar-refractivity contribution in [3.8, 4) is 11.3 Å². The summed E-state index contributed by atoms with van der Waals surface area (Å²) in [6.07, 6.45) is 6.36. The molecule has 0 saturated carbocycles. The Balaban J connectivity index is 1.43. The molecule has 4 aromatic rings. The van der Waals surface area contributed by atoms with Crippen LogP contribution >= 0.6 is 0 Å². The highest BCUT2D eigenvalue weighted by molar-refractivity contribution is 6.04. The van der Waals surface area contributed by atoms with E-state index < -0.39 is 6.10 Å². The number of hydrogen-bond donors (Lipinski definition) is 4. The molecular formula is C27H31N7O3. The number of nitrogens with zero attached hydrogens (tertiary/aromatic N) is 5. The van der Waals surface area contributed by atoms with Crippen molar-refractivity contribution in [1.82, 2.24) is 24.3 Å². The molecule has 5 rings (SSSR count). The summed E-state index contributed by atoms with van der Waals surface area (Å²) < 4.78 is 2.00. The summed E-state index contributed by atoms with van der Waals surface area (Å²) in [5.41, 5.74) is 10.1. The lowest BCUT2D eigenvalue weighted by atomic mass is 9.97. The van der Waals surface area contributed by atoms with Gasteiger partial charge in [0.1, 0.15) is 28.7 Å². The number of aryl methyl sites for hydroxylation is 1. The van der Waals surface area contributed by atoms with Gasteiger partial charge in [-0.1, -0.05) is 12.1 Å². The Labute approximate surface area is 214 Å². The van der Waals surface area contributed by atoms with Gasteiger partial charge in [0.05, 0.1) is 12.7 Å². The molecule has 5 N–H and O–H groups in total. The van der Waals surface area contributed by atoms with Gasteiger partial charge in [0, 0.05) is 48.7 Å². The van der Waals surface area contributed by atoms with E-state index in [-0.39, 0.29) is 18.4 Å². The molecule has 192 valence electrons. The van der Waals surface area contributed by atoms with Gasteiger partial charge in [0.25, 0.3) is 5.91 Å². The Morgan fingerprint density at radius 2 is 2.03 bits per heavy atom. The fourth-order valence-corrected chi connectivity index (χ4v) is 4.94. The van der Waals surface area contributed by atoms with Crippen LogP contribution in [-0.2, 0) is 0 Å². The molecule has 0 spiro atoms. The van der Waals surface area contributed by atoms with Crippen molar-refractivity contribution < 1.29 is 15.0 Å². The molecule has 4 heterocycles. The van der Waals surface area contributed by atoms with E-state index in [0.29, 0.717) is 29.4 Å². The number of likely N-dealkylation sites (tertiary alicyclic amines) is 1. The summed E-state index contributed by atoms with van der Waals surface area (Å²) in [6.45, 7) is 3.71. The number of hydrogen-bond acceptors (Lipinski definition) is 8. The lowest BCUT2D eigenvalue weighted by Gasteiger charge is -2.33. The van der Waals surface area contributed by atoms with Crippen molar-refractivity contribution in [3.63, 3.8) is 0 Å². The summed E-state index contributed by atoms with van der Waals surface area (Å²) in [7, 11) is 0. The molecule has 0 bridgehead atoms. The number of carbonyl (C=O) groups excluding carboxylic acids is 1. The standard InChI is InChI=1S/C27H31N7O3/c1-17-8-9-29-22(13-17)31-27(37)19-6-4-18(5-7-19)23-24-25(28)30-10-12-34(24)26(32-23)20-3-2-11-33(14-20)15-21(36)16-35/h4-10,12-13,20-21,35-36H,2-3,11,14-16H2,1H3,(H2,28,30)(H,29,31,37)/t20-,21?/m1/s1. The number of aliphatic hydroxyl groups excluding tert-OH is 2. The minimum Gasteiger partial charge on any atom is -0.394 e. The van der Waals surface area contributed by atoms with Gasteiger partial charge in [0.2, 0.25) is 0 Å². The maximum absolute atomic E-state index is 12.7. The molecular weight excluding hydrogens is 470 g/mol. The zero-order valence-corrected chi connectivity index (χ0v) is 20.7. The van der Waals surface area contributed by atoms with Gasteiger partial charge in [0.15, 0.2) is 0 Å². The van der Waals surface area contributed by atoms with Gasteiger partial charge >= 0.3 is 0 Å². The van der Waals surface area contributed by atoms with Crippen molar-refractivity contribution in [2.75, 3.05) is 37.3 Å². The normalized spacial score (nSPS) is 17.1. The van der Waals surface area contributed by atoms with Crippen LogP contribution in [0.2, 0.25) is 0 Å². The number of nitrogen functional groups attached to an aromatic ring is 1. The van der Waals surface area contributed by atoms with Crippen LogP contribution in [0.25, 0.3) is 16.8 Å². The van der Waals surface area contributed by atoms with Crippen LogP contribution < -0.4 is 11.1 Å². The molecule has 10 heteroatoms. The van der Waals surface area contributed by atoms with E-state index in [0.717, 1.165) is 48.4 Å². The number of fused-ring (bicyclic) bond motifs is 1. The fraction of sp³-hybridized carbons (Fsp3) is 0.333. The van der Waals surface area contributed by atoms with Crippen molar-refractivity contribution >= 4 is 23.1 Å². The van der Waals surface area contributed by atoms with Crippen LogP contribution in [0.3, 0.4) is 0 Å². The lowest BCUT2D eigenvalue weighted by Crippen LogP contribution is -2.40. The highest BCUT2D eigenvalue weighted by atomic mass is 16.3. The number of aromatic nitrogens is 4. The van der Waals surface area contributed by atoms with Gasteiger partial charge in [-0.25, -0.2) is 15.0 Å². The number of imidazole rings is 1. The zero-order valence-electron chi connectivity index (χ0n) is 20.7. The van der Waals surface area contributed by atoms with E-state index in [1.807, 2.05) is 41.8 Å². The first-order valence-electron chi connectivity index (χ1n) is 12.4. The van der Waals surface area contributed by atoms with Crippen molar-refractivity contribution in [2.24, 2.45) is 0 Å². The molecule has 1 aromatic carbocycles.